The summed E-state index contributed by atoms with van der Waals surface area (Å²) in [5, 5.41) is 3.40. The van der Waals surface area contributed by atoms with E-state index in [1.54, 1.807) is 20.5 Å². The van der Waals surface area contributed by atoms with Crippen molar-refractivity contribution in [3.05, 3.63) is 96.1 Å². The molecule has 0 saturated carbocycles. The van der Waals surface area contributed by atoms with Crippen molar-refractivity contribution in [3.8, 4) is 11.5 Å². The van der Waals surface area contributed by atoms with Crippen molar-refractivity contribution in [1.29, 1.82) is 0 Å². The third kappa shape index (κ3) is 8.85. The zero-order valence-corrected chi connectivity index (χ0v) is 22.0. The first-order valence-electron chi connectivity index (χ1n) is 11.9. The molecule has 1 heterocycles. The van der Waals surface area contributed by atoms with Gasteiger partial charge in [-0.3, -0.25) is 0 Å². The number of aromatic nitrogens is 1. The van der Waals surface area contributed by atoms with E-state index in [1.165, 1.54) is 5.56 Å². The molecule has 5 heteroatoms. The first kappa shape index (κ1) is 27.5. The summed E-state index contributed by atoms with van der Waals surface area (Å²) in [4.78, 5) is 4.67. The minimum Gasteiger partial charge on any atom is -0.501 e. The van der Waals surface area contributed by atoms with E-state index in [4.69, 9.17) is 13.9 Å². The van der Waals surface area contributed by atoms with Crippen molar-refractivity contribution in [2.45, 2.75) is 47.0 Å². The summed E-state index contributed by atoms with van der Waals surface area (Å²) in [5.74, 6) is 1.84. The molecule has 0 spiro atoms. The number of benzene rings is 2. The van der Waals surface area contributed by atoms with E-state index in [-0.39, 0.29) is 0 Å². The molecule has 0 aliphatic carbocycles. The molecule has 0 saturated heterocycles. The summed E-state index contributed by atoms with van der Waals surface area (Å²) < 4.78 is 15.7. The Kier molecular flexibility index (Phi) is 11.4. The Bertz CT molecular complexity index is 1180. The lowest BCUT2D eigenvalue weighted by Gasteiger charge is -2.07. The van der Waals surface area contributed by atoms with E-state index >= 15 is 0 Å². The molecule has 0 fully saturated rings. The molecule has 3 rings (SSSR count). The quantitative estimate of drug-likeness (QED) is 0.248. The topological polar surface area (TPSA) is 56.5 Å². The van der Waals surface area contributed by atoms with Crippen LogP contribution >= 0.6 is 0 Å². The predicted octanol–water partition coefficient (Wildman–Crippen LogP) is 8.60. The van der Waals surface area contributed by atoms with Gasteiger partial charge >= 0.3 is 0 Å². The second kappa shape index (κ2) is 14.5. The SMILES string of the molecule is CC/C=C(/C)Nc1cccc(-c2nc3cc(C(C)C)ccc3o2)c1.C\C=C/C=C\C(=C\OC)OC. The summed E-state index contributed by atoms with van der Waals surface area (Å²) >= 11 is 0. The van der Waals surface area contributed by atoms with Gasteiger partial charge in [-0.2, -0.15) is 0 Å². The van der Waals surface area contributed by atoms with Crippen molar-refractivity contribution >= 4 is 16.8 Å². The fourth-order valence-corrected chi connectivity index (χ4v) is 3.28. The molecule has 1 aromatic heterocycles. The largest absolute Gasteiger partial charge is 0.501 e. The highest BCUT2D eigenvalue weighted by Gasteiger charge is 2.10. The van der Waals surface area contributed by atoms with Crippen LogP contribution in [0.4, 0.5) is 5.69 Å². The van der Waals surface area contributed by atoms with Gasteiger partial charge in [0.25, 0.3) is 0 Å². The highest BCUT2D eigenvalue weighted by molar-refractivity contribution is 5.77. The van der Waals surface area contributed by atoms with Crippen LogP contribution in [0.15, 0.2) is 95.0 Å². The lowest BCUT2D eigenvalue weighted by atomic mass is 10.0. The van der Waals surface area contributed by atoms with Crippen molar-refractivity contribution < 1.29 is 13.9 Å². The Morgan fingerprint density at radius 3 is 2.57 bits per heavy atom. The minimum atomic E-state index is 0.482. The molecule has 35 heavy (non-hydrogen) atoms. The molecule has 2 aromatic carbocycles. The predicted molar refractivity (Wildman–Crippen MR) is 147 cm³/mol. The van der Waals surface area contributed by atoms with Gasteiger partial charge < -0.3 is 19.2 Å². The number of nitrogens with one attached hydrogen (secondary N) is 1. The summed E-state index contributed by atoms with van der Waals surface area (Å²) in [6, 6.07) is 14.4. The average molecular weight is 475 g/mol. The van der Waals surface area contributed by atoms with Gasteiger partial charge in [0.2, 0.25) is 5.89 Å². The number of hydrogen-bond acceptors (Lipinski definition) is 5. The number of oxazole rings is 1. The van der Waals surface area contributed by atoms with Crippen LogP contribution in [0.5, 0.6) is 0 Å². The maximum atomic E-state index is 5.94. The molecule has 0 aliphatic heterocycles. The van der Waals surface area contributed by atoms with Crippen LogP contribution < -0.4 is 5.32 Å². The van der Waals surface area contributed by atoms with Gasteiger partial charge in [-0.25, -0.2) is 4.98 Å². The molecule has 0 aliphatic rings. The Morgan fingerprint density at radius 2 is 1.91 bits per heavy atom. The van der Waals surface area contributed by atoms with Gasteiger partial charge in [-0.1, -0.05) is 57.2 Å². The molecule has 186 valence electrons. The third-order valence-electron chi connectivity index (χ3n) is 5.07. The number of hydrogen-bond donors (Lipinski definition) is 1. The molecule has 0 unspecified atom stereocenters. The monoisotopic (exact) mass is 474 g/mol. The van der Waals surface area contributed by atoms with Crippen LogP contribution in [0.1, 0.15) is 52.5 Å². The molecule has 5 nitrogen and oxygen atoms in total. The Morgan fingerprint density at radius 1 is 1.11 bits per heavy atom. The molecule has 0 bridgehead atoms. The van der Waals surface area contributed by atoms with Crippen molar-refractivity contribution in [2.75, 3.05) is 19.5 Å². The van der Waals surface area contributed by atoms with Gasteiger partial charge in [0.05, 0.1) is 14.2 Å². The van der Waals surface area contributed by atoms with Crippen LogP contribution in [0.25, 0.3) is 22.6 Å². The molecule has 1 N–H and O–H groups in total. The molecule has 0 amide bonds. The lowest BCUT2D eigenvalue weighted by molar-refractivity contribution is 0.261. The maximum absolute atomic E-state index is 5.94. The van der Waals surface area contributed by atoms with E-state index < -0.39 is 0 Å². The normalized spacial score (nSPS) is 12.3. The molecular weight excluding hydrogens is 436 g/mol. The Hall–Kier alpha value is -3.73. The number of fused-ring (bicyclic) bond motifs is 1. The van der Waals surface area contributed by atoms with Gasteiger partial charge in [-0.05, 0) is 68.2 Å². The van der Waals surface area contributed by atoms with Crippen LogP contribution in [-0.2, 0) is 9.47 Å². The summed E-state index contributed by atoms with van der Waals surface area (Å²) in [5.41, 5.74) is 6.18. The number of anilines is 1. The number of nitrogens with zero attached hydrogens (tertiary/aromatic N) is 1. The number of ether oxygens (including phenoxy) is 2. The number of allylic oxidation sites excluding steroid dienone is 6. The summed E-state index contributed by atoms with van der Waals surface area (Å²) in [6.07, 6.45) is 12.3. The summed E-state index contributed by atoms with van der Waals surface area (Å²) in [6.45, 7) is 10.5. The second-order valence-corrected chi connectivity index (χ2v) is 8.25. The van der Waals surface area contributed by atoms with Crippen molar-refractivity contribution in [3.63, 3.8) is 0 Å². The van der Waals surface area contributed by atoms with Gasteiger partial charge in [0.15, 0.2) is 11.3 Å². The van der Waals surface area contributed by atoms with Crippen LogP contribution in [-0.4, -0.2) is 19.2 Å². The second-order valence-electron chi connectivity index (χ2n) is 8.25. The van der Waals surface area contributed by atoms with E-state index in [9.17, 15) is 0 Å². The van der Waals surface area contributed by atoms with Crippen molar-refractivity contribution in [1.82, 2.24) is 4.98 Å². The zero-order valence-electron chi connectivity index (χ0n) is 22.0. The maximum Gasteiger partial charge on any atom is 0.227 e. The van der Waals surface area contributed by atoms with E-state index in [0.29, 0.717) is 17.6 Å². The van der Waals surface area contributed by atoms with Crippen LogP contribution in [0.2, 0.25) is 0 Å². The fraction of sp³-hybridized carbons (Fsp3) is 0.300. The Balaban J connectivity index is 0.000000334. The number of rotatable bonds is 9. The fourth-order valence-electron chi connectivity index (χ4n) is 3.28. The van der Waals surface area contributed by atoms with Gasteiger partial charge in [0.1, 0.15) is 11.8 Å². The first-order valence-corrected chi connectivity index (χ1v) is 11.9. The first-order chi connectivity index (χ1) is 16.9. The molecule has 0 radical (unpaired) electrons. The van der Waals surface area contributed by atoms with Gasteiger partial charge in [-0.15, -0.1) is 0 Å². The van der Waals surface area contributed by atoms with E-state index in [1.807, 2.05) is 49.4 Å². The van der Waals surface area contributed by atoms with E-state index in [0.717, 1.165) is 34.5 Å². The summed E-state index contributed by atoms with van der Waals surface area (Å²) in [7, 11) is 3.19. The van der Waals surface area contributed by atoms with Crippen LogP contribution in [0, 0.1) is 0 Å². The van der Waals surface area contributed by atoms with Gasteiger partial charge in [0, 0.05) is 16.9 Å². The van der Waals surface area contributed by atoms with Crippen LogP contribution in [0.3, 0.4) is 0 Å². The smallest absolute Gasteiger partial charge is 0.227 e. The molecule has 3 aromatic rings. The zero-order chi connectivity index (χ0) is 25.6. The molecular formula is C30H38N2O3. The lowest BCUT2D eigenvalue weighted by Crippen LogP contribution is -1.95. The molecule has 0 atom stereocenters. The number of methoxy groups -OCH3 is 2. The third-order valence-corrected chi connectivity index (χ3v) is 5.07. The van der Waals surface area contributed by atoms with Crippen molar-refractivity contribution in [2.24, 2.45) is 0 Å². The highest BCUT2D eigenvalue weighted by Crippen LogP contribution is 2.28. The Labute approximate surface area is 209 Å². The highest BCUT2D eigenvalue weighted by atomic mass is 16.5. The average Bonchev–Trinajstić information content (AvgIpc) is 3.28. The minimum absolute atomic E-state index is 0.482. The van der Waals surface area contributed by atoms with E-state index in [2.05, 4.69) is 68.3 Å². The standard InChI is InChI=1S/C21H24N2O.C9H14O2/c1-5-7-15(4)22-18-9-6-8-17(12-18)21-23-19-13-16(14(2)3)10-11-20(19)24-21;1-4-5-6-7-9(11-3)8-10-2/h6-14,22H,5H2,1-4H3;4-8H,1-3H3/b15-7-;5-4-,7-6-,9-8-.